The second-order valence-corrected chi connectivity index (χ2v) is 2.63. The van der Waals surface area contributed by atoms with Crippen molar-refractivity contribution >= 4 is 0 Å². The monoisotopic (exact) mass is 214 g/mol. The second-order valence-electron chi connectivity index (χ2n) is 2.63. The van der Waals surface area contributed by atoms with Crippen LogP contribution < -0.4 is 11.5 Å². The van der Waals surface area contributed by atoms with Gasteiger partial charge in [0.05, 0.1) is 33.6 Å². The minimum Gasteiger partial charge on any atom is -0.498 e. The molecule has 15 heavy (non-hydrogen) atoms. The Labute approximate surface area is 90.0 Å². The maximum absolute atomic E-state index is 5.73. The molecule has 0 amide bonds. The molecule has 5 nitrogen and oxygen atoms in total. The first-order valence-electron chi connectivity index (χ1n) is 4.32. The molecule has 0 bridgehead atoms. The van der Waals surface area contributed by atoms with Crippen LogP contribution in [0.4, 0.5) is 0 Å². The maximum Gasteiger partial charge on any atom is 0.162 e. The molecule has 0 unspecified atom stereocenters. The molecular weight excluding hydrogens is 196 g/mol. The van der Waals surface area contributed by atoms with Crippen molar-refractivity contribution in [1.29, 1.82) is 0 Å². The zero-order valence-corrected chi connectivity index (χ0v) is 9.37. The molecule has 5 heteroatoms. The molecule has 0 atom stereocenters. The predicted octanol–water partition coefficient (Wildman–Crippen LogP) is 0.452. The number of nitrogens with two attached hydrogens (primary N) is 2. The zero-order chi connectivity index (χ0) is 11.8. The Morgan fingerprint density at radius 1 is 1.20 bits per heavy atom. The Morgan fingerprint density at radius 3 is 2.13 bits per heavy atom. The van der Waals surface area contributed by atoms with Crippen LogP contribution in [-0.2, 0) is 14.2 Å². The third-order valence-corrected chi connectivity index (χ3v) is 1.78. The summed E-state index contributed by atoms with van der Waals surface area (Å²) in [7, 11) is 4.49. The molecule has 0 aliphatic carbocycles. The number of methoxy groups -OCH3 is 3. The molecule has 0 aliphatic heterocycles. The van der Waals surface area contributed by atoms with Crippen molar-refractivity contribution in [3.63, 3.8) is 0 Å². The molecule has 0 aromatic heterocycles. The van der Waals surface area contributed by atoms with Crippen LogP contribution in [0, 0.1) is 0 Å². The average molecular weight is 214 g/mol. The van der Waals surface area contributed by atoms with Gasteiger partial charge in [-0.3, -0.25) is 0 Å². The van der Waals surface area contributed by atoms with E-state index in [4.69, 9.17) is 25.7 Å². The van der Waals surface area contributed by atoms with Gasteiger partial charge in [-0.25, -0.2) is 0 Å². The van der Waals surface area contributed by atoms with Crippen LogP contribution in [0.2, 0.25) is 0 Å². The topological polar surface area (TPSA) is 79.7 Å². The summed E-state index contributed by atoms with van der Waals surface area (Å²) in [6.07, 6.45) is 1.55. The minimum atomic E-state index is 0.218. The van der Waals surface area contributed by atoms with Crippen LogP contribution in [0.25, 0.3) is 0 Å². The quantitative estimate of drug-likeness (QED) is 0.496. The van der Waals surface area contributed by atoms with E-state index in [2.05, 4.69) is 6.58 Å². The van der Waals surface area contributed by atoms with Crippen molar-refractivity contribution in [1.82, 2.24) is 0 Å². The normalized spacial score (nSPS) is 12.9. The third-order valence-electron chi connectivity index (χ3n) is 1.78. The van der Waals surface area contributed by atoms with E-state index in [1.54, 1.807) is 6.08 Å². The molecule has 0 aromatic rings. The first-order chi connectivity index (χ1) is 7.10. The molecule has 0 heterocycles. The van der Waals surface area contributed by atoms with Crippen molar-refractivity contribution in [2.45, 2.75) is 0 Å². The number of rotatable bonds is 6. The summed E-state index contributed by atoms with van der Waals surface area (Å²) in [5, 5.41) is 0. The second kappa shape index (κ2) is 6.78. The fourth-order valence-corrected chi connectivity index (χ4v) is 0.895. The van der Waals surface area contributed by atoms with Crippen molar-refractivity contribution in [3.8, 4) is 0 Å². The summed E-state index contributed by atoms with van der Waals surface area (Å²) < 4.78 is 14.9. The van der Waals surface area contributed by atoms with Gasteiger partial charge in [-0.05, 0) is 0 Å². The number of hydrogen-bond donors (Lipinski definition) is 2. The van der Waals surface area contributed by atoms with Gasteiger partial charge in [-0.2, -0.15) is 0 Å². The van der Waals surface area contributed by atoms with Crippen molar-refractivity contribution in [2.75, 3.05) is 27.9 Å². The summed E-state index contributed by atoms with van der Waals surface area (Å²) >= 11 is 0. The van der Waals surface area contributed by atoms with Crippen molar-refractivity contribution in [3.05, 3.63) is 35.6 Å². The third kappa shape index (κ3) is 3.95. The first-order valence-corrected chi connectivity index (χ1v) is 4.32. The van der Waals surface area contributed by atoms with Gasteiger partial charge in [0, 0.05) is 6.08 Å². The van der Waals surface area contributed by atoms with Crippen LogP contribution >= 0.6 is 0 Å². The first kappa shape index (κ1) is 13.4. The Morgan fingerprint density at radius 2 is 1.80 bits per heavy atom. The van der Waals surface area contributed by atoms with Crippen molar-refractivity contribution < 1.29 is 14.2 Å². The lowest BCUT2D eigenvalue weighted by Gasteiger charge is -2.10. The highest BCUT2D eigenvalue weighted by molar-refractivity contribution is 5.29. The molecule has 86 valence electrons. The van der Waals surface area contributed by atoms with Gasteiger partial charge < -0.3 is 25.7 Å². The fraction of sp³-hybridized carbons (Fsp3) is 0.400. The van der Waals surface area contributed by atoms with Crippen LogP contribution in [0.1, 0.15) is 0 Å². The minimum absolute atomic E-state index is 0.218. The highest BCUT2D eigenvalue weighted by Gasteiger charge is 2.05. The van der Waals surface area contributed by atoms with E-state index < -0.39 is 0 Å². The van der Waals surface area contributed by atoms with Gasteiger partial charge in [0.15, 0.2) is 11.5 Å². The smallest absolute Gasteiger partial charge is 0.162 e. The highest BCUT2D eigenvalue weighted by atomic mass is 16.5. The van der Waals surface area contributed by atoms with Crippen LogP contribution in [0.3, 0.4) is 0 Å². The van der Waals surface area contributed by atoms with Crippen LogP contribution in [-0.4, -0.2) is 27.9 Å². The summed E-state index contributed by atoms with van der Waals surface area (Å²) in [5.41, 5.74) is 11.5. The molecule has 0 radical (unpaired) electrons. The fourth-order valence-electron chi connectivity index (χ4n) is 0.895. The Kier molecular flexibility index (Phi) is 6.05. The van der Waals surface area contributed by atoms with E-state index in [0.29, 0.717) is 23.0 Å². The molecular formula is C10H18N2O3. The lowest BCUT2D eigenvalue weighted by atomic mass is 10.3. The molecule has 0 saturated heterocycles. The van der Waals surface area contributed by atoms with E-state index in [0.717, 1.165) is 0 Å². The summed E-state index contributed by atoms with van der Waals surface area (Å²) in [5.74, 6) is 1.29. The van der Waals surface area contributed by atoms with E-state index >= 15 is 0 Å². The summed E-state index contributed by atoms with van der Waals surface area (Å²) in [6, 6.07) is 0. The average Bonchev–Trinajstić information content (AvgIpc) is 2.26. The zero-order valence-electron chi connectivity index (χ0n) is 9.37. The van der Waals surface area contributed by atoms with Crippen molar-refractivity contribution in [2.24, 2.45) is 11.5 Å². The Bertz CT molecular complexity index is 276. The standard InChI is InChI=1S/C10H18N2O3/c1-7(13-2)9(14-3)5-8(12)10(6-11)15-4/h5H,1,6,11-12H2,2-4H3/b9-5+,10-8-. The Hall–Kier alpha value is -1.62. The SMILES string of the molecule is C=C(OC)/C(=C\C(N)=C(/CN)OC)OC. The lowest BCUT2D eigenvalue weighted by molar-refractivity contribution is 0.221. The van der Waals surface area contributed by atoms with Crippen LogP contribution in [0.15, 0.2) is 35.6 Å². The molecule has 0 fully saturated rings. The molecule has 0 aliphatic rings. The van der Waals surface area contributed by atoms with Gasteiger partial charge in [0.1, 0.15) is 5.76 Å². The number of allylic oxidation sites excluding steroid dienone is 1. The number of ether oxygens (including phenoxy) is 3. The highest BCUT2D eigenvalue weighted by Crippen LogP contribution is 2.12. The van der Waals surface area contributed by atoms with E-state index in [9.17, 15) is 0 Å². The van der Waals surface area contributed by atoms with E-state index in [1.165, 1.54) is 21.3 Å². The Balaban J connectivity index is 4.98. The van der Waals surface area contributed by atoms with Gasteiger partial charge in [-0.15, -0.1) is 0 Å². The molecule has 4 N–H and O–H groups in total. The van der Waals surface area contributed by atoms with E-state index in [-0.39, 0.29) is 6.54 Å². The molecule has 0 spiro atoms. The lowest BCUT2D eigenvalue weighted by Crippen LogP contribution is -2.12. The molecule has 0 aromatic carbocycles. The molecule has 0 saturated carbocycles. The summed E-state index contributed by atoms with van der Waals surface area (Å²) in [4.78, 5) is 0. The largest absolute Gasteiger partial charge is 0.498 e. The van der Waals surface area contributed by atoms with Gasteiger partial charge in [0.2, 0.25) is 0 Å². The summed E-state index contributed by atoms with van der Waals surface area (Å²) in [6.45, 7) is 3.86. The van der Waals surface area contributed by atoms with Gasteiger partial charge >= 0.3 is 0 Å². The molecule has 0 rings (SSSR count). The predicted molar refractivity (Wildman–Crippen MR) is 58.5 cm³/mol. The van der Waals surface area contributed by atoms with E-state index in [1.807, 2.05) is 0 Å². The van der Waals surface area contributed by atoms with Crippen LogP contribution in [0.5, 0.6) is 0 Å². The van der Waals surface area contributed by atoms with Gasteiger partial charge in [0.25, 0.3) is 0 Å². The maximum atomic E-state index is 5.73. The number of hydrogen-bond acceptors (Lipinski definition) is 5. The van der Waals surface area contributed by atoms with Gasteiger partial charge in [-0.1, -0.05) is 6.58 Å².